The number of ether oxygens (including phenoxy) is 2. The van der Waals surface area contributed by atoms with Crippen LogP contribution in [0.3, 0.4) is 0 Å². The van der Waals surface area contributed by atoms with E-state index in [-0.39, 0.29) is 24.0 Å². The topological polar surface area (TPSA) is 62.2 Å². The molecule has 5 rings (SSSR count). The predicted octanol–water partition coefficient (Wildman–Crippen LogP) is 1.58. The fourth-order valence-electron chi connectivity index (χ4n) is 6.09. The van der Waals surface area contributed by atoms with Gasteiger partial charge in [-0.2, -0.15) is 0 Å². The molecule has 4 aliphatic rings. The lowest BCUT2D eigenvalue weighted by Crippen LogP contribution is -2.76. The zero-order chi connectivity index (χ0) is 16.7. The molecule has 5 heteroatoms. The van der Waals surface area contributed by atoms with Gasteiger partial charge < -0.3 is 24.6 Å². The van der Waals surface area contributed by atoms with Gasteiger partial charge in [-0.15, -0.1) is 0 Å². The Labute approximate surface area is 142 Å². The van der Waals surface area contributed by atoms with Crippen molar-refractivity contribution in [2.75, 3.05) is 20.2 Å². The van der Waals surface area contributed by atoms with Gasteiger partial charge in [-0.3, -0.25) is 0 Å². The molecule has 2 heterocycles. The van der Waals surface area contributed by atoms with E-state index in [2.05, 4.69) is 11.9 Å². The first-order chi connectivity index (χ1) is 11.5. The lowest BCUT2D eigenvalue weighted by atomic mass is 9.48. The van der Waals surface area contributed by atoms with Crippen molar-refractivity contribution < 1.29 is 19.7 Å². The summed E-state index contributed by atoms with van der Waals surface area (Å²) in [5, 5.41) is 22.3. The zero-order valence-electron chi connectivity index (χ0n) is 14.3. The standard InChI is InChI=1S/C19H25NO4/c1-3-23-13-6-7-19(22)14-10-11-4-5-12(21)16-15(11)18(19,17(13)24-16)8-9-20(14)2/h4-5,13-14,17,21-22H,3,6-10H2,1-2H3/t13-,14?,17-,18-,19+/m0/s1. The van der Waals surface area contributed by atoms with Crippen LogP contribution in [0, 0.1) is 0 Å². The third kappa shape index (κ3) is 1.48. The maximum absolute atomic E-state index is 11.9. The van der Waals surface area contributed by atoms with Gasteiger partial charge in [-0.05, 0) is 57.8 Å². The number of phenolic OH excluding ortho intramolecular Hbond substituents is 1. The van der Waals surface area contributed by atoms with Gasteiger partial charge in [0.1, 0.15) is 6.10 Å². The monoisotopic (exact) mass is 331 g/mol. The summed E-state index contributed by atoms with van der Waals surface area (Å²) < 4.78 is 12.3. The van der Waals surface area contributed by atoms with Gasteiger partial charge in [0.15, 0.2) is 11.5 Å². The van der Waals surface area contributed by atoms with Crippen molar-refractivity contribution in [2.24, 2.45) is 0 Å². The van der Waals surface area contributed by atoms with Crippen LogP contribution in [0.15, 0.2) is 12.1 Å². The van der Waals surface area contributed by atoms with Gasteiger partial charge in [-0.1, -0.05) is 6.07 Å². The molecule has 1 unspecified atom stereocenters. The van der Waals surface area contributed by atoms with Crippen LogP contribution in [0.5, 0.6) is 11.5 Å². The SMILES string of the molecule is CCO[C@H]1CC[C@@]2(O)C3Cc4ccc(O)c5c4[C@@]2(CCN3C)[C@H]1O5. The molecule has 0 amide bonds. The number of phenols is 1. The highest BCUT2D eigenvalue weighted by Gasteiger charge is 2.72. The number of rotatable bonds is 2. The normalized spacial score (nSPS) is 42.5. The maximum atomic E-state index is 11.9. The van der Waals surface area contributed by atoms with Gasteiger partial charge in [0.05, 0.1) is 17.1 Å². The molecule has 2 bridgehead atoms. The van der Waals surface area contributed by atoms with Crippen molar-refractivity contribution in [3.63, 3.8) is 0 Å². The summed E-state index contributed by atoms with van der Waals surface area (Å²) in [4.78, 5) is 2.30. The Hall–Kier alpha value is -1.30. The first-order valence-electron chi connectivity index (χ1n) is 9.09. The molecule has 0 aromatic heterocycles. The van der Waals surface area contributed by atoms with Crippen molar-refractivity contribution >= 4 is 0 Å². The van der Waals surface area contributed by atoms with E-state index in [1.807, 2.05) is 13.0 Å². The zero-order valence-corrected chi connectivity index (χ0v) is 14.3. The summed E-state index contributed by atoms with van der Waals surface area (Å²) in [5.41, 5.74) is 1.00. The van der Waals surface area contributed by atoms with Gasteiger partial charge in [0, 0.05) is 18.2 Å². The Morgan fingerprint density at radius 3 is 3.00 bits per heavy atom. The number of aromatic hydroxyl groups is 1. The predicted molar refractivity (Wildman–Crippen MR) is 88.5 cm³/mol. The first kappa shape index (κ1) is 15.0. The van der Waals surface area contributed by atoms with E-state index in [9.17, 15) is 10.2 Å². The van der Waals surface area contributed by atoms with Crippen molar-refractivity contribution in [3.8, 4) is 11.5 Å². The van der Waals surface area contributed by atoms with E-state index < -0.39 is 11.0 Å². The summed E-state index contributed by atoms with van der Waals surface area (Å²) in [5.74, 6) is 0.776. The van der Waals surface area contributed by atoms with Crippen LogP contribution in [0.2, 0.25) is 0 Å². The molecule has 2 aliphatic heterocycles. The van der Waals surface area contributed by atoms with Crippen LogP contribution < -0.4 is 4.74 Å². The fourth-order valence-corrected chi connectivity index (χ4v) is 6.09. The Kier molecular flexibility index (Phi) is 2.91. The molecule has 1 spiro atoms. The van der Waals surface area contributed by atoms with Crippen molar-refractivity contribution in [1.29, 1.82) is 0 Å². The summed E-state index contributed by atoms with van der Waals surface area (Å²) in [7, 11) is 2.11. The minimum atomic E-state index is -0.815. The molecule has 1 aromatic rings. The maximum Gasteiger partial charge on any atom is 0.165 e. The average molecular weight is 331 g/mol. The van der Waals surface area contributed by atoms with E-state index in [4.69, 9.17) is 9.47 Å². The highest BCUT2D eigenvalue weighted by molar-refractivity contribution is 5.62. The lowest BCUT2D eigenvalue weighted by molar-refractivity contribution is -0.211. The van der Waals surface area contributed by atoms with E-state index in [0.29, 0.717) is 12.4 Å². The van der Waals surface area contributed by atoms with Crippen LogP contribution in [0.1, 0.15) is 37.3 Å². The third-order valence-electron chi connectivity index (χ3n) is 7.06. The second-order valence-corrected chi connectivity index (χ2v) is 7.86. The third-order valence-corrected chi connectivity index (χ3v) is 7.06. The van der Waals surface area contributed by atoms with Gasteiger partial charge in [0.2, 0.25) is 0 Å². The molecule has 2 fully saturated rings. The number of nitrogens with zero attached hydrogens (tertiary/aromatic N) is 1. The summed E-state index contributed by atoms with van der Waals surface area (Å²) in [6, 6.07) is 3.85. The molecule has 1 aromatic carbocycles. The Bertz CT molecular complexity index is 707. The van der Waals surface area contributed by atoms with E-state index >= 15 is 0 Å². The molecule has 5 atom stereocenters. The van der Waals surface area contributed by atoms with Crippen molar-refractivity contribution in [2.45, 2.75) is 61.9 Å². The van der Waals surface area contributed by atoms with E-state index in [0.717, 1.165) is 37.8 Å². The van der Waals surface area contributed by atoms with Crippen LogP contribution in [-0.2, 0) is 16.6 Å². The van der Waals surface area contributed by atoms with Gasteiger partial charge >= 0.3 is 0 Å². The highest BCUT2D eigenvalue weighted by Crippen LogP contribution is 2.65. The van der Waals surface area contributed by atoms with Crippen molar-refractivity contribution in [1.82, 2.24) is 4.90 Å². The summed E-state index contributed by atoms with van der Waals surface area (Å²) in [6.07, 6.45) is 2.93. The number of likely N-dealkylation sites (N-methyl/N-ethyl adjacent to an activating group) is 1. The summed E-state index contributed by atoms with van der Waals surface area (Å²) >= 11 is 0. The number of piperidine rings is 1. The van der Waals surface area contributed by atoms with Crippen LogP contribution >= 0.6 is 0 Å². The average Bonchev–Trinajstić information content (AvgIpc) is 2.91. The molecule has 1 saturated heterocycles. The van der Waals surface area contributed by atoms with Crippen LogP contribution in [0.25, 0.3) is 0 Å². The highest BCUT2D eigenvalue weighted by atomic mass is 16.6. The molecule has 0 radical (unpaired) electrons. The Balaban J connectivity index is 1.78. The minimum Gasteiger partial charge on any atom is -0.504 e. The number of hydrogen-bond donors (Lipinski definition) is 2. The van der Waals surface area contributed by atoms with E-state index in [1.165, 1.54) is 5.56 Å². The number of likely N-dealkylation sites (tertiary alicyclic amines) is 1. The van der Waals surface area contributed by atoms with Crippen LogP contribution in [0.4, 0.5) is 0 Å². The number of benzene rings is 1. The van der Waals surface area contributed by atoms with Gasteiger partial charge in [-0.25, -0.2) is 0 Å². The minimum absolute atomic E-state index is 0.0305. The Morgan fingerprint density at radius 1 is 1.38 bits per heavy atom. The molecule has 24 heavy (non-hydrogen) atoms. The molecule has 130 valence electrons. The lowest BCUT2D eigenvalue weighted by Gasteiger charge is -2.63. The molecule has 5 nitrogen and oxygen atoms in total. The smallest absolute Gasteiger partial charge is 0.165 e. The number of aliphatic hydroxyl groups is 1. The quantitative estimate of drug-likeness (QED) is 0.862. The first-order valence-corrected chi connectivity index (χ1v) is 9.09. The second-order valence-electron chi connectivity index (χ2n) is 7.86. The Morgan fingerprint density at radius 2 is 2.21 bits per heavy atom. The fraction of sp³-hybridized carbons (Fsp3) is 0.684. The van der Waals surface area contributed by atoms with Crippen molar-refractivity contribution in [3.05, 3.63) is 23.3 Å². The van der Waals surface area contributed by atoms with E-state index in [1.54, 1.807) is 6.07 Å². The summed E-state index contributed by atoms with van der Waals surface area (Å²) in [6.45, 7) is 3.57. The van der Waals surface area contributed by atoms with Crippen LogP contribution in [-0.4, -0.2) is 59.2 Å². The molecule has 2 aliphatic carbocycles. The molecule has 2 N–H and O–H groups in total. The number of hydrogen-bond acceptors (Lipinski definition) is 5. The van der Waals surface area contributed by atoms with Gasteiger partial charge in [0.25, 0.3) is 0 Å². The molecular formula is C19H25NO4. The molecular weight excluding hydrogens is 306 g/mol. The molecule has 1 saturated carbocycles. The second kappa shape index (κ2) is 4.65. The largest absolute Gasteiger partial charge is 0.504 e.